The van der Waals surface area contributed by atoms with E-state index in [4.69, 9.17) is 0 Å². The fourth-order valence-electron chi connectivity index (χ4n) is 1.99. The molecular weight excluding hydrogens is 280 g/mol. The second-order valence-corrected chi connectivity index (χ2v) is 5.54. The van der Waals surface area contributed by atoms with E-state index in [0.29, 0.717) is 5.75 Å². The third-order valence-corrected chi connectivity index (χ3v) is 3.91. The predicted molar refractivity (Wildman–Crippen MR) is 87.5 cm³/mol. The van der Waals surface area contributed by atoms with E-state index in [-0.39, 0.29) is 5.91 Å². The molecule has 3 aromatic rings. The van der Waals surface area contributed by atoms with E-state index in [1.165, 1.54) is 11.8 Å². The molecule has 0 saturated heterocycles. The summed E-state index contributed by atoms with van der Waals surface area (Å²) in [5.41, 5.74) is 1.76. The van der Waals surface area contributed by atoms with Crippen molar-refractivity contribution in [3.05, 3.63) is 66.7 Å². The van der Waals surface area contributed by atoms with E-state index in [1.807, 2.05) is 66.7 Å². The summed E-state index contributed by atoms with van der Waals surface area (Å²) >= 11 is 1.44. The van der Waals surface area contributed by atoms with Crippen LogP contribution in [0, 0.1) is 0 Å². The van der Waals surface area contributed by atoms with E-state index in [1.54, 1.807) is 0 Å². The zero-order chi connectivity index (χ0) is 14.5. The Morgan fingerprint density at radius 3 is 2.57 bits per heavy atom. The van der Waals surface area contributed by atoms with Gasteiger partial charge in [0.2, 0.25) is 5.91 Å². The van der Waals surface area contributed by atoms with Crippen LogP contribution >= 0.6 is 11.8 Å². The molecule has 1 amide bonds. The standard InChI is InChI=1S/C17H14N2OS/c20-16(18-14-7-2-1-3-8-14)12-21-17-11-10-13-6-4-5-9-15(13)19-17/h1-11H,12H2,(H,18,20). The molecule has 4 heteroatoms. The van der Waals surface area contributed by atoms with Gasteiger partial charge in [-0.05, 0) is 24.3 Å². The molecule has 21 heavy (non-hydrogen) atoms. The summed E-state index contributed by atoms with van der Waals surface area (Å²) in [5, 5.41) is 4.83. The molecule has 0 spiro atoms. The number of thioether (sulfide) groups is 1. The van der Waals surface area contributed by atoms with Crippen molar-refractivity contribution in [2.75, 3.05) is 11.1 Å². The first-order valence-corrected chi connectivity index (χ1v) is 7.63. The van der Waals surface area contributed by atoms with Crippen molar-refractivity contribution >= 4 is 34.3 Å². The quantitative estimate of drug-likeness (QED) is 0.740. The molecule has 3 rings (SSSR count). The average molecular weight is 294 g/mol. The Balaban J connectivity index is 1.62. The minimum atomic E-state index is -0.0267. The highest BCUT2D eigenvalue weighted by Crippen LogP contribution is 2.20. The minimum Gasteiger partial charge on any atom is -0.325 e. The molecule has 1 aromatic heterocycles. The summed E-state index contributed by atoms with van der Waals surface area (Å²) in [7, 11) is 0. The molecule has 104 valence electrons. The minimum absolute atomic E-state index is 0.0267. The van der Waals surface area contributed by atoms with E-state index >= 15 is 0 Å². The Morgan fingerprint density at radius 2 is 1.71 bits per heavy atom. The predicted octanol–water partition coefficient (Wildman–Crippen LogP) is 3.97. The number of fused-ring (bicyclic) bond motifs is 1. The van der Waals surface area contributed by atoms with Crippen LogP contribution in [0.1, 0.15) is 0 Å². The van der Waals surface area contributed by atoms with Crippen molar-refractivity contribution in [1.29, 1.82) is 0 Å². The summed E-state index contributed by atoms with van der Waals surface area (Å²) < 4.78 is 0. The molecule has 0 unspecified atom stereocenters. The smallest absolute Gasteiger partial charge is 0.234 e. The Labute approximate surface area is 127 Å². The van der Waals surface area contributed by atoms with Crippen molar-refractivity contribution in [1.82, 2.24) is 4.98 Å². The van der Waals surface area contributed by atoms with Crippen molar-refractivity contribution in [2.24, 2.45) is 0 Å². The monoisotopic (exact) mass is 294 g/mol. The number of aromatic nitrogens is 1. The second kappa shape index (κ2) is 6.41. The van der Waals surface area contributed by atoms with Crippen LogP contribution in [0.4, 0.5) is 5.69 Å². The van der Waals surface area contributed by atoms with E-state index in [2.05, 4.69) is 10.3 Å². The van der Waals surface area contributed by atoms with Crippen LogP contribution in [0.25, 0.3) is 10.9 Å². The zero-order valence-corrected chi connectivity index (χ0v) is 12.1. The van der Waals surface area contributed by atoms with Gasteiger partial charge >= 0.3 is 0 Å². The van der Waals surface area contributed by atoms with E-state index in [9.17, 15) is 4.79 Å². The first-order chi connectivity index (χ1) is 10.3. The number of hydrogen-bond donors (Lipinski definition) is 1. The summed E-state index contributed by atoms with van der Waals surface area (Å²) in [4.78, 5) is 16.4. The average Bonchev–Trinajstić information content (AvgIpc) is 2.54. The highest BCUT2D eigenvalue weighted by atomic mass is 32.2. The third-order valence-electron chi connectivity index (χ3n) is 2.98. The Hall–Kier alpha value is -2.33. The molecule has 0 radical (unpaired) electrons. The second-order valence-electron chi connectivity index (χ2n) is 4.55. The Kier molecular flexibility index (Phi) is 4.17. The number of carbonyl (C=O) groups excluding carboxylic acids is 1. The molecule has 0 aliphatic carbocycles. The molecule has 0 aliphatic rings. The number of pyridine rings is 1. The molecule has 0 fully saturated rings. The number of para-hydroxylation sites is 2. The number of rotatable bonds is 4. The van der Waals surface area contributed by atoms with Crippen molar-refractivity contribution in [3.8, 4) is 0 Å². The fourth-order valence-corrected chi connectivity index (χ4v) is 2.66. The van der Waals surface area contributed by atoms with E-state index in [0.717, 1.165) is 21.6 Å². The molecule has 0 saturated carbocycles. The number of hydrogen-bond acceptors (Lipinski definition) is 3. The van der Waals surface area contributed by atoms with Crippen molar-refractivity contribution < 1.29 is 4.79 Å². The topological polar surface area (TPSA) is 42.0 Å². The molecule has 0 aliphatic heterocycles. The zero-order valence-electron chi connectivity index (χ0n) is 11.3. The van der Waals surface area contributed by atoms with Gasteiger partial charge in [-0.2, -0.15) is 0 Å². The van der Waals surface area contributed by atoms with Gasteiger partial charge in [-0.25, -0.2) is 4.98 Å². The lowest BCUT2D eigenvalue weighted by Gasteiger charge is -2.05. The molecular formula is C17H14N2OS. The molecule has 0 bridgehead atoms. The number of carbonyl (C=O) groups is 1. The van der Waals surface area contributed by atoms with Crippen molar-refractivity contribution in [3.63, 3.8) is 0 Å². The number of nitrogens with zero attached hydrogens (tertiary/aromatic N) is 1. The SMILES string of the molecule is O=C(CSc1ccc2ccccc2n1)Nc1ccccc1. The van der Waals surface area contributed by atoms with Crippen LogP contribution in [0.5, 0.6) is 0 Å². The number of amides is 1. The normalized spacial score (nSPS) is 10.5. The largest absolute Gasteiger partial charge is 0.325 e. The third kappa shape index (κ3) is 3.61. The van der Waals surface area contributed by atoms with Crippen LogP contribution < -0.4 is 5.32 Å². The number of benzene rings is 2. The maximum atomic E-state index is 11.9. The maximum Gasteiger partial charge on any atom is 0.234 e. The van der Waals surface area contributed by atoms with Gasteiger partial charge in [0, 0.05) is 11.1 Å². The van der Waals surface area contributed by atoms with Gasteiger partial charge in [-0.3, -0.25) is 4.79 Å². The Bertz CT molecular complexity index is 759. The van der Waals surface area contributed by atoms with Gasteiger partial charge in [-0.1, -0.05) is 54.2 Å². The highest BCUT2D eigenvalue weighted by molar-refractivity contribution is 7.99. The van der Waals surface area contributed by atoms with Crippen LogP contribution in [-0.4, -0.2) is 16.6 Å². The van der Waals surface area contributed by atoms with Gasteiger partial charge in [0.05, 0.1) is 16.3 Å². The van der Waals surface area contributed by atoms with Crippen molar-refractivity contribution in [2.45, 2.75) is 5.03 Å². The van der Waals surface area contributed by atoms with Crippen LogP contribution in [0.2, 0.25) is 0 Å². The maximum absolute atomic E-state index is 11.9. The van der Waals surface area contributed by atoms with Crippen LogP contribution in [-0.2, 0) is 4.79 Å². The Morgan fingerprint density at radius 1 is 0.952 bits per heavy atom. The van der Waals surface area contributed by atoms with Crippen LogP contribution in [0.3, 0.4) is 0 Å². The fraction of sp³-hybridized carbons (Fsp3) is 0.0588. The van der Waals surface area contributed by atoms with Crippen LogP contribution in [0.15, 0.2) is 71.8 Å². The summed E-state index contributed by atoms with van der Waals surface area (Å²) in [6, 6.07) is 21.4. The summed E-state index contributed by atoms with van der Waals surface area (Å²) in [5.74, 6) is 0.321. The molecule has 1 heterocycles. The lowest BCUT2D eigenvalue weighted by Crippen LogP contribution is -2.13. The lowest BCUT2D eigenvalue weighted by atomic mass is 10.2. The highest BCUT2D eigenvalue weighted by Gasteiger charge is 2.05. The molecule has 3 nitrogen and oxygen atoms in total. The lowest BCUT2D eigenvalue weighted by molar-refractivity contribution is -0.113. The molecule has 1 N–H and O–H groups in total. The first kappa shape index (κ1) is 13.6. The molecule has 0 atom stereocenters. The molecule has 2 aromatic carbocycles. The number of nitrogens with one attached hydrogen (secondary N) is 1. The van der Waals surface area contributed by atoms with Gasteiger partial charge in [0.1, 0.15) is 0 Å². The number of anilines is 1. The summed E-state index contributed by atoms with van der Waals surface area (Å²) in [6.45, 7) is 0. The van der Waals surface area contributed by atoms with Gasteiger partial charge in [0.15, 0.2) is 0 Å². The first-order valence-electron chi connectivity index (χ1n) is 6.65. The van der Waals surface area contributed by atoms with Gasteiger partial charge in [0.25, 0.3) is 0 Å². The van der Waals surface area contributed by atoms with Gasteiger partial charge in [-0.15, -0.1) is 0 Å². The van der Waals surface area contributed by atoms with Gasteiger partial charge < -0.3 is 5.32 Å². The van der Waals surface area contributed by atoms with E-state index < -0.39 is 0 Å². The summed E-state index contributed by atoms with van der Waals surface area (Å²) in [6.07, 6.45) is 0.